The third kappa shape index (κ3) is 4.84. The molecular formula is C19H32N2O. The quantitative estimate of drug-likeness (QED) is 0.632. The molecule has 0 spiro atoms. The zero-order valence-corrected chi connectivity index (χ0v) is 15.5. The molecule has 0 fully saturated rings. The highest BCUT2D eigenvalue weighted by Crippen LogP contribution is 2.36. The van der Waals surface area contributed by atoms with Gasteiger partial charge in [0.2, 0.25) is 0 Å². The lowest BCUT2D eigenvalue weighted by Gasteiger charge is -2.26. The Morgan fingerprint density at radius 3 is 2.32 bits per heavy atom. The van der Waals surface area contributed by atoms with Crippen LogP contribution in [0.2, 0.25) is 0 Å². The molecule has 0 aliphatic heterocycles. The topological polar surface area (TPSA) is 35.8 Å². The molecule has 1 atom stereocenters. The van der Waals surface area contributed by atoms with E-state index in [4.69, 9.17) is 0 Å². The number of aliphatic imine (C=N–C) groups is 1. The van der Waals surface area contributed by atoms with Crippen molar-refractivity contribution >= 4 is 12.0 Å². The third-order valence-corrected chi connectivity index (χ3v) is 4.16. The smallest absolute Gasteiger partial charge is 0.0909 e. The van der Waals surface area contributed by atoms with Crippen molar-refractivity contribution in [3.8, 4) is 0 Å². The number of benzene rings is 1. The molecular weight excluding hydrogens is 272 g/mol. The van der Waals surface area contributed by atoms with Crippen LogP contribution in [0.25, 0.3) is 0 Å². The van der Waals surface area contributed by atoms with Crippen molar-refractivity contribution in [1.82, 2.24) is 4.90 Å². The van der Waals surface area contributed by atoms with Gasteiger partial charge in [0.15, 0.2) is 0 Å². The van der Waals surface area contributed by atoms with Gasteiger partial charge in [0, 0.05) is 13.6 Å². The molecule has 0 saturated heterocycles. The second kappa shape index (κ2) is 7.28. The second-order valence-electron chi connectivity index (χ2n) is 7.47. The first kappa shape index (κ1) is 18.7. The Balaban J connectivity index is 3.19. The molecule has 22 heavy (non-hydrogen) atoms. The van der Waals surface area contributed by atoms with Gasteiger partial charge >= 0.3 is 0 Å². The average molecular weight is 304 g/mol. The SMILES string of the molecule is CCN(C)/C=N/c1cc(C)c(C(O)CC(C)(C)C)c(C)c1C. The molecule has 0 aliphatic rings. The van der Waals surface area contributed by atoms with Crippen molar-refractivity contribution in [2.45, 2.75) is 61.0 Å². The van der Waals surface area contributed by atoms with Crippen molar-refractivity contribution in [3.05, 3.63) is 28.3 Å². The number of nitrogens with zero attached hydrogens (tertiary/aromatic N) is 2. The Labute approximate surface area is 136 Å². The van der Waals surface area contributed by atoms with E-state index >= 15 is 0 Å². The van der Waals surface area contributed by atoms with Crippen LogP contribution >= 0.6 is 0 Å². The summed E-state index contributed by atoms with van der Waals surface area (Å²) >= 11 is 0. The monoisotopic (exact) mass is 304 g/mol. The van der Waals surface area contributed by atoms with Gasteiger partial charge in [-0.3, -0.25) is 0 Å². The lowest BCUT2D eigenvalue weighted by molar-refractivity contribution is 0.121. The van der Waals surface area contributed by atoms with E-state index in [0.29, 0.717) is 0 Å². The van der Waals surface area contributed by atoms with Crippen LogP contribution in [0.3, 0.4) is 0 Å². The first-order valence-electron chi connectivity index (χ1n) is 8.10. The maximum Gasteiger partial charge on any atom is 0.0909 e. The maximum absolute atomic E-state index is 10.6. The summed E-state index contributed by atoms with van der Waals surface area (Å²) in [6.45, 7) is 15.8. The van der Waals surface area contributed by atoms with Crippen molar-refractivity contribution in [2.24, 2.45) is 10.4 Å². The second-order valence-corrected chi connectivity index (χ2v) is 7.47. The first-order valence-corrected chi connectivity index (χ1v) is 8.10. The van der Waals surface area contributed by atoms with Crippen LogP contribution in [0, 0.1) is 26.2 Å². The first-order chi connectivity index (χ1) is 10.1. The molecule has 3 heteroatoms. The number of rotatable bonds is 5. The van der Waals surface area contributed by atoms with Crippen LogP contribution in [0.15, 0.2) is 11.1 Å². The van der Waals surface area contributed by atoms with Crippen molar-refractivity contribution in [1.29, 1.82) is 0 Å². The largest absolute Gasteiger partial charge is 0.388 e. The summed E-state index contributed by atoms with van der Waals surface area (Å²) in [6.07, 6.45) is 2.21. The molecule has 1 rings (SSSR count). The van der Waals surface area contributed by atoms with Crippen LogP contribution in [-0.2, 0) is 0 Å². The minimum absolute atomic E-state index is 0.104. The van der Waals surface area contributed by atoms with Gasteiger partial charge < -0.3 is 10.0 Å². The van der Waals surface area contributed by atoms with Gasteiger partial charge in [-0.05, 0) is 67.9 Å². The van der Waals surface area contributed by atoms with Gasteiger partial charge in [-0.15, -0.1) is 0 Å². The predicted octanol–water partition coefficient (Wildman–Crippen LogP) is 4.69. The Hall–Kier alpha value is -1.35. The molecule has 0 aromatic heterocycles. The van der Waals surface area contributed by atoms with Gasteiger partial charge in [0.25, 0.3) is 0 Å². The molecule has 124 valence electrons. The summed E-state index contributed by atoms with van der Waals surface area (Å²) < 4.78 is 0. The van der Waals surface area contributed by atoms with Crippen LogP contribution < -0.4 is 0 Å². The van der Waals surface area contributed by atoms with Crippen LogP contribution in [0.1, 0.15) is 62.5 Å². The fourth-order valence-electron chi connectivity index (χ4n) is 2.65. The minimum atomic E-state index is -0.421. The van der Waals surface area contributed by atoms with E-state index in [0.717, 1.165) is 40.9 Å². The van der Waals surface area contributed by atoms with E-state index in [1.165, 1.54) is 0 Å². The van der Waals surface area contributed by atoms with Gasteiger partial charge in [0.1, 0.15) is 0 Å². The summed E-state index contributed by atoms with van der Waals surface area (Å²) in [5, 5.41) is 10.6. The Bertz CT molecular complexity index is 541. The van der Waals surface area contributed by atoms with E-state index in [-0.39, 0.29) is 5.41 Å². The molecule has 1 unspecified atom stereocenters. The van der Waals surface area contributed by atoms with Crippen molar-refractivity contribution in [3.63, 3.8) is 0 Å². The average Bonchev–Trinajstić information content (AvgIpc) is 2.38. The molecule has 0 saturated carbocycles. The minimum Gasteiger partial charge on any atom is -0.388 e. The zero-order valence-electron chi connectivity index (χ0n) is 15.5. The number of hydrogen-bond acceptors (Lipinski definition) is 2. The standard InChI is InChI=1S/C19H32N2O/c1-9-21(8)12-20-16-10-13(2)18(15(4)14(16)3)17(22)11-19(5,6)7/h10,12,17,22H,9,11H2,1-8H3/b20-12+. The highest BCUT2D eigenvalue weighted by Gasteiger charge is 2.22. The maximum atomic E-state index is 10.6. The predicted molar refractivity (Wildman–Crippen MR) is 96.1 cm³/mol. The molecule has 0 radical (unpaired) electrons. The summed E-state index contributed by atoms with van der Waals surface area (Å²) in [7, 11) is 2.01. The molecule has 0 amide bonds. The van der Waals surface area contributed by atoms with Gasteiger partial charge in [-0.1, -0.05) is 20.8 Å². The van der Waals surface area contributed by atoms with Crippen molar-refractivity contribution in [2.75, 3.05) is 13.6 Å². The molecule has 0 heterocycles. The van der Waals surface area contributed by atoms with Crippen LogP contribution in [-0.4, -0.2) is 29.9 Å². The Kier molecular flexibility index (Phi) is 6.18. The van der Waals surface area contributed by atoms with Gasteiger partial charge in [0.05, 0.1) is 18.1 Å². The number of aryl methyl sites for hydroxylation is 1. The summed E-state index contributed by atoms with van der Waals surface area (Å²) in [5.41, 5.74) is 5.58. The molecule has 1 aromatic carbocycles. The molecule has 1 aromatic rings. The Morgan fingerprint density at radius 2 is 1.82 bits per heavy atom. The third-order valence-electron chi connectivity index (χ3n) is 4.16. The zero-order chi connectivity index (χ0) is 17.1. The fourth-order valence-corrected chi connectivity index (χ4v) is 2.65. The summed E-state index contributed by atoms with van der Waals surface area (Å²) in [5.74, 6) is 0. The number of hydrogen-bond donors (Lipinski definition) is 1. The normalized spacial score (nSPS) is 13.7. The highest BCUT2D eigenvalue weighted by molar-refractivity contribution is 5.65. The van der Waals surface area contributed by atoms with E-state index in [9.17, 15) is 5.11 Å². The van der Waals surface area contributed by atoms with Gasteiger partial charge in [-0.25, -0.2) is 4.99 Å². The molecule has 3 nitrogen and oxygen atoms in total. The Morgan fingerprint density at radius 1 is 1.23 bits per heavy atom. The molecule has 0 aliphatic carbocycles. The molecule has 0 bridgehead atoms. The molecule has 1 N–H and O–H groups in total. The van der Waals surface area contributed by atoms with E-state index < -0.39 is 6.10 Å². The van der Waals surface area contributed by atoms with Crippen LogP contribution in [0.5, 0.6) is 0 Å². The number of aliphatic hydroxyl groups excluding tert-OH is 1. The lowest BCUT2D eigenvalue weighted by atomic mass is 9.83. The highest BCUT2D eigenvalue weighted by atomic mass is 16.3. The van der Waals surface area contributed by atoms with Gasteiger partial charge in [-0.2, -0.15) is 0 Å². The number of aliphatic hydroxyl groups is 1. The van der Waals surface area contributed by atoms with Crippen molar-refractivity contribution < 1.29 is 5.11 Å². The van der Waals surface area contributed by atoms with E-state index in [1.807, 2.05) is 18.3 Å². The van der Waals surface area contributed by atoms with E-state index in [2.05, 4.69) is 59.5 Å². The fraction of sp³-hybridized carbons (Fsp3) is 0.632. The van der Waals surface area contributed by atoms with Crippen LogP contribution in [0.4, 0.5) is 5.69 Å². The van der Waals surface area contributed by atoms with E-state index in [1.54, 1.807) is 0 Å². The lowest BCUT2D eigenvalue weighted by Crippen LogP contribution is -2.15. The summed E-state index contributed by atoms with van der Waals surface area (Å²) in [4.78, 5) is 6.64. The summed E-state index contributed by atoms with van der Waals surface area (Å²) in [6, 6.07) is 2.09.